The minimum absolute atomic E-state index is 0.00595. The van der Waals surface area contributed by atoms with Crippen LogP contribution in [-0.4, -0.2) is 80.8 Å². The van der Waals surface area contributed by atoms with Gasteiger partial charge in [0.05, 0.1) is 30.1 Å². The molecule has 4 atom stereocenters. The molecule has 10 nitrogen and oxygen atoms in total. The van der Waals surface area contributed by atoms with E-state index in [9.17, 15) is 24.3 Å². The summed E-state index contributed by atoms with van der Waals surface area (Å²) in [4.78, 5) is 60.8. The normalized spacial score (nSPS) is 19.8. The van der Waals surface area contributed by atoms with Crippen LogP contribution in [0.15, 0.2) is 84.9 Å². The van der Waals surface area contributed by atoms with Crippen LogP contribution in [-0.2, 0) is 27.2 Å². The smallest absolute Gasteiger partial charge is 0.227 e. The second kappa shape index (κ2) is 16.8. The highest BCUT2D eigenvalue weighted by atomic mass is 16.3. The maximum Gasteiger partial charge on any atom is 0.227 e. The number of hydrogen-bond acceptors (Lipinski definition) is 6. The van der Waals surface area contributed by atoms with Crippen LogP contribution in [0.3, 0.4) is 0 Å². The van der Waals surface area contributed by atoms with Crippen LogP contribution in [0.5, 0.6) is 0 Å². The first kappa shape index (κ1) is 38.9. The average molecular weight is 756 g/mol. The van der Waals surface area contributed by atoms with Gasteiger partial charge in [-0.3, -0.25) is 24.5 Å². The zero-order valence-corrected chi connectivity index (χ0v) is 32.6. The minimum Gasteiger partial charge on any atom is -0.376 e. The Balaban J connectivity index is 1.04. The van der Waals surface area contributed by atoms with E-state index in [2.05, 4.69) is 21.7 Å². The van der Waals surface area contributed by atoms with E-state index in [4.69, 9.17) is 0 Å². The topological polar surface area (TPSA) is 135 Å². The molecule has 2 aliphatic heterocycles. The summed E-state index contributed by atoms with van der Waals surface area (Å²) in [6.07, 6.45) is 7.82. The lowest BCUT2D eigenvalue weighted by Gasteiger charge is -2.31. The monoisotopic (exact) mass is 755 g/mol. The number of benzene rings is 3. The van der Waals surface area contributed by atoms with E-state index in [1.807, 2.05) is 117 Å². The van der Waals surface area contributed by atoms with Crippen LogP contribution >= 0.6 is 0 Å². The Bertz CT molecular complexity index is 2170. The average Bonchev–Trinajstić information content (AvgIpc) is 3.94. The van der Waals surface area contributed by atoms with Gasteiger partial charge in [0.25, 0.3) is 0 Å². The Labute approximate surface area is 328 Å². The van der Waals surface area contributed by atoms with Gasteiger partial charge in [-0.05, 0) is 60.9 Å². The van der Waals surface area contributed by atoms with E-state index in [1.54, 1.807) is 4.90 Å². The number of carbonyl (C=O) groups excluding carboxylic acids is 4. The van der Waals surface area contributed by atoms with Crippen molar-refractivity contribution in [3.8, 4) is 11.3 Å². The summed E-state index contributed by atoms with van der Waals surface area (Å²) in [5.74, 6) is -0.104. The maximum atomic E-state index is 14.1. The molecule has 0 bridgehead atoms. The first-order valence-corrected chi connectivity index (χ1v) is 19.9. The standard InChI is InChI=1S/C46H53N5O5/c1-46(2,3)44(55)42-36-28-34(48-45(56)38-17-11-25-51(38)41(54)27-31-14-8-5-9-15-31)22-23-37(36)49-43(42)32-18-20-33(21-19-32)47-39(52)29-35-16-10-24-50(35)40(53)26-30-12-6-4-7-13-30/h4-9,12-15,18-21,23,28,34-35,38,45,48-49,56H,10-11,16-17,22,24-27,29H2,1-3H3,(H,47,52)/t34?,35-,38-,45?/m0/s1. The summed E-state index contributed by atoms with van der Waals surface area (Å²) < 4.78 is 0. The van der Waals surface area contributed by atoms with Crippen LogP contribution in [0.2, 0.25) is 0 Å². The predicted molar refractivity (Wildman–Crippen MR) is 219 cm³/mol. The molecular weight excluding hydrogens is 703 g/mol. The fourth-order valence-electron chi connectivity index (χ4n) is 8.35. The molecule has 2 fully saturated rings. The lowest BCUT2D eigenvalue weighted by Crippen LogP contribution is -2.53. The van der Waals surface area contributed by atoms with E-state index in [1.165, 1.54) is 0 Å². The summed E-state index contributed by atoms with van der Waals surface area (Å²) >= 11 is 0. The van der Waals surface area contributed by atoms with Crippen LogP contribution in [0.4, 0.5) is 5.69 Å². The summed E-state index contributed by atoms with van der Waals surface area (Å²) in [6, 6.07) is 26.1. The van der Waals surface area contributed by atoms with Crippen molar-refractivity contribution in [3.05, 3.63) is 112 Å². The van der Waals surface area contributed by atoms with Gasteiger partial charge in [-0.15, -0.1) is 0 Å². The number of nitrogens with zero attached hydrogens (tertiary/aromatic N) is 2. The molecule has 0 saturated carbocycles. The van der Waals surface area contributed by atoms with Gasteiger partial charge in [-0.2, -0.15) is 0 Å². The summed E-state index contributed by atoms with van der Waals surface area (Å²) in [5.41, 5.74) is 3.99. The van der Waals surface area contributed by atoms with Gasteiger partial charge in [0, 0.05) is 53.3 Å². The van der Waals surface area contributed by atoms with Gasteiger partial charge in [0.2, 0.25) is 17.7 Å². The first-order valence-electron chi connectivity index (χ1n) is 19.9. The lowest BCUT2D eigenvalue weighted by molar-refractivity contribution is -0.134. The minimum atomic E-state index is -0.928. The molecule has 3 aromatic carbocycles. The quantitative estimate of drug-likeness (QED) is 0.120. The van der Waals surface area contributed by atoms with E-state index in [0.29, 0.717) is 55.7 Å². The molecule has 7 rings (SSSR count). The molecule has 292 valence electrons. The van der Waals surface area contributed by atoms with Crippen molar-refractivity contribution in [3.63, 3.8) is 0 Å². The Kier molecular flexibility index (Phi) is 11.7. The number of likely N-dealkylation sites (tertiary alicyclic amines) is 2. The van der Waals surface area contributed by atoms with Crippen molar-refractivity contribution in [2.24, 2.45) is 5.41 Å². The number of rotatable bonds is 12. The third kappa shape index (κ3) is 8.87. The van der Waals surface area contributed by atoms with E-state index >= 15 is 0 Å². The highest BCUT2D eigenvalue weighted by Gasteiger charge is 2.36. The Morgan fingerprint density at radius 3 is 2.07 bits per heavy atom. The number of ketones is 1. The molecule has 3 aliphatic rings. The first-order chi connectivity index (χ1) is 26.9. The van der Waals surface area contributed by atoms with Gasteiger partial charge < -0.3 is 25.2 Å². The predicted octanol–water partition coefficient (Wildman–Crippen LogP) is 4.95. The molecule has 4 N–H and O–H groups in total. The van der Waals surface area contributed by atoms with Gasteiger partial charge in [0.15, 0.2) is 5.78 Å². The number of amides is 3. The van der Waals surface area contributed by atoms with Gasteiger partial charge in [-0.1, -0.05) is 106 Å². The summed E-state index contributed by atoms with van der Waals surface area (Å²) in [7, 11) is 0. The SMILES string of the molecule is CC(C)(C)C(=O)c1c(-c2ccc(NC(=O)C[C@@H]3CCCN3C(=O)Cc3ccccc3)cc2)[nH]c2c1=CC(NC(O)[C@@H]1CCCN1C(=O)Cc1ccccc1)CC=2. The van der Waals surface area contributed by atoms with Crippen molar-refractivity contribution in [1.82, 2.24) is 20.1 Å². The summed E-state index contributed by atoms with van der Waals surface area (Å²) in [6.45, 7) is 7.00. The second-order valence-corrected chi connectivity index (χ2v) is 16.4. The Morgan fingerprint density at radius 1 is 0.821 bits per heavy atom. The molecule has 3 amide bonds. The molecular formula is C46H53N5O5. The summed E-state index contributed by atoms with van der Waals surface area (Å²) in [5, 5.41) is 19.4. The fraction of sp³-hybridized carbons (Fsp3) is 0.391. The maximum absolute atomic E-state index is 14.1. The van der Waals surface area contributed by atoms with E-state index in [-0.39, 0.29) is 48.1 Å². The van der Waals surface area contributed by atoms with Crippen LogP contribution < -0.4 is 21.2 Å². The van der Waals surface area contributed by atoms with Crippen molar-refractivity contribution < 1.29 is 24.3 Å². The van der Waals surface area contributed by atoms with Crippen molar-refractivity contribution in [2.45, 2.75) is 96.5 Å². The zero-order chi connectivity index (χ0) is 39.4. The number of aromatic amines is 1. The molecule has 4 aromatic rings. The number of hydrogen-bond donors (Lipinski definition) is 4. The van der Waals surface area contributed by atoms with Crippen LogP contribution in [0, 0.1) is 5.41 Å². The number of H-pyrrole nitrogens is 1. The Hall–Kier alpha value is -5.32. The largest absolute Gasteiger partial charge is 0.376 e. The molecule has 0 spiro atoms. The van der Waals surface area contributed by atoms with Gasteiger partial charge >= 0.3 is 0 Å². The van der Waals surface area contributed by atoms with E-state index < -0.39 is 11.6 Å². The molecule has 3 heterocycles. The lowest BCUT2D eigenvalue weighted by atomic mass is 9.84. The number of fused-ring (bicyclic) bond motifs is 1. The molecule has 10 heteroatoms. The molecule has 2 unspecified atom stereocenters. The number of Topliss-reactive ketones (excluding diaryl/α,β-unsaturated/α-hetero) is 1. The van der Waals surface area contributed by atoms with Gasteiger partial charge in [0.1, 0.15) is 6.23 Å². The third-order valence-electron chi connectivity index (χ3n) is 11.3. The second-order valence-electron chi connectivity index (χ2n) is 16.4. The van der Waals surface area contributed by atoms with Crippen molar-refractivity contribution in [1.29, 1.82) is 0 Å². The highest BCUT2D eigenvalue weighted by molar-refractivity contribution is 6.05. The number of anilines is 1. The molecule has 0 radical (unpaired) electrons. The van der Waals surface area contributed by atoms with Crippen molar-refractivity contribution >= 4 is 41.3 Å². The van der Waals surface area contributed by atoms with Crippen molar-refractivity contribution in [2.75, 3.05) is 18.4 Å². The third-order valence-corrected chi connectivity index (χ3v) is 11.3. The number of aliphatic hydroxyl groups is 1. The molecule has 2 saturated heterocycles. The zero-order valence-electron chi connectivity index (χ0n) is 32.6. The Morgan fingerprint density at radius 2 is 1.43 bits per heavy atom. The number of carbonyl (C=O) groups is 4. The number of aromatic nitrogens is 1. The molecule has 56 heavy (non-hydrogen) atoms. The number of nitrogens with one attached hydrogen (secondary N) is 3. The van der Waals surface area contributed by atoms with Gasteiger partial charge in [-0.25, -0.2) is 0 Å². The number of aliphatic hydroxyl groups excluding tert-OH is 1. The highest BCUT2D eigenvalue weighted by Crippen LogP contribution is 2.29. The van der Waals surface area contributed by atoms with Crippen LogP contribution in [0.25, 0.3) is 23.4 Å². The van der Waals surface area contributed by atoms with E-state index in [0.717, 1.165) is 46.5 Å². The molecule has 1 aliphatic carbocycles. The fourth-order valence-corrected chi connectivity index (χ4v) is 8.35. The van der Waals surface area contributed by atoms with Crippen LogP contribution in [0.1, 0.15) is 80.8 Å². The molecule has 1 aromatic heterocycles.